The molecule has 2 unspecified atom stereocenters. The standard InChI is InChI=1S/C11H19NOS/c1-8(2)11(13-4)10(12-3)9-5-6-14-7-9/h5-8,10-12H,1-4H3. The zero-order chi connectivity index (χ0) is 10.6. The van der Waals surface area contributed by atoms with Crippen LogP contribution in [0, 0.1) is 5.92 Å². The van der Waals surface area contributed by atoms with Gasteiger partial charge in [0.05, 0.1) is 12.1 Å². The van der Waals surface area contributed by atoms with E-state index in [0.29, 0.717) is 12.0 Å². The van der Waals surface area contributed by atoms with Crippen molar-refractivity contribution in [3.05, 3.63) is 22.4 Å². The number of hydrogen-bond acceptors (Lipinski definition) is 3. The van der Waals surface area contributed by atoms with Crippen LogP contribution in [-0.4, -0.2) is 20.3 Å². The fourth-order valence-electron chi connectivity index (χ4n) is 1.77. The quantitative estimate of drug-likeness (QED) is 0.812. The topological polar surface area (TPSA) is 21.3 Å². The van der Waals surface area contributed by atoms with Gasteiger partial charge in [0, 0.05) is 7.11 Å². The Morgan fingerprint density at radius 2 is 2.14 bits per heavy atom. The lowest BCUT2D eigenvalue weighted by Crippen LogP contribution is -2.34. The van der Waals surface area contributed by atoms with Crippen LogP contribution in [0.1, 0.15) is 25.5 Å². The molecule has 1 aromatic heterocycles. The second-order valence-corrected chi connectivity index (χ2v) is 4.55. The number of nitrogens with one attached hydrogen (secondary N) is 1. The molecule has 1 heterocycles. The van der Waals surface area contributed by atoms with Crippen LogP contribution in [0.15, 0.2) is 16.8 Å². The highest BCUT2D eigenvalue weighted by Crippen LogP contribution is 2.25. The Morgan fingerprint density at radius 1 is 1.43 bits per heavy atom. The molecule has 80 valence electrons. The summed E-state index contributed by atoms with van der Waals surface area (Å²) in [7, 11) is 3.76. The normalized spacial score (nSPS) is 15.8. The Kier molecular flexibility index (Phi) is 4.58. The number of likely N-dealkylation sites (N-methyl/N-ethyl adjacent to an activating group) is 1. The minimum atomic E-state index is 0.231. The summed E-state index contributed by atoms with van der Waals surface area (Å²) in [5.41, 5.74) is 1.32. The van der Waals surface area contributed by atoms with Gasteiger partial charge in [0.2, 0.25) is 0 Å². The van der Waals surface area contributed by atoms with Gasteiger partial charge in [-0.25, -0.2) is 0 Å². The Bertz CT molecular complexity index is 246. The maximum atomic E-state index is 5.53. The molecule has 0 radical (unpaired) electrons. The Morgan fingerprint density at radius 3 is 2.50 bits per heavy atom. The van der Waals surface area contributed by atoms with Crippen molar-refractivity contribution >= 4 is 11.3 Å². The first-order chi connectivity index (χ1) is 6.70. The van der Waals surface area contributed by atoms with Gasteiger partial charge in [-0.1, -0.05) is 13.8 Å². The maximum absolute atomic E-state index is 5.53. The molecule has 0 aliphatic rings. The number of thiophene rings is 1. The average molecular weight is 213 g/mol. The fourth-order valence-corrected chi connectivity index (χ4v) is 2.46. The second kappa shape index (κ2) is 5.49. The highest BCUT2D eigenvalue weighted by atomic mass is 32.1. The van der Waals surface area contributed by atoms with Crippen LogP contribution in [0.2, 0.25) is 0 Å². The first-order valence-electron chi connectivity index (χ1n) is 4.92. The molecular formula is C11H19NOS. The van der Waals surface area contributed by atoms with Crippen molar-refractivity contribution in [3.63, 3.8) is 0 Å². The van der Waals surface area contributed by atoms with E-state index in [1.54, 1.807) is 18.4 Å². The summed E-state index contributed by atoms with van der Waals surface area (Å²) >= 11 is 1.73. The third-order valence-corrected chi connectivity index (χ3v) is 3.17. The summed E-state index contributed by atoms with van der Waals surface area (Å²) in [4.78, 5) is 0. The summed E-state index contributed by atoms with van der Waals surface area (Å²) in [6.07, 6.45) is 0.231. The first-order valence-corrected chi connectivity index (χ1v) is 5.87. The zero-order valence-corrected chi connectivity index (χ0v) is 10.1. The zero-order valence-electron chi connectivity index (χ0n) is 9.28. The van der Waals surface area contributed by atoms with Crippen molar-refractivity contribution in [1.82, 2.24) is 5.32 Å². The minimum Gasteiger partial charge on any atom is -0.379 e. The summed E-state index contributed by atoms with van der Waals surface area (Å²) in [5, 5.41) is 7.60. The van der Waals surface area contributed by atoms with E-state index in [2.05, 4.69) is 36.0 Å². The summed E-state index contributed by atoms with van der Waals surface area (Å²) in [5.74, 6) is 0.511. The van der Waals surface area contributed by atoms with E-state index < -0.39 is 0 Å². The van der Waals surface area contributed by atoms with Crippen molar-refractivity contribution in [2.75, 3.05) is 14.2 Å². The summed E-state index contributed by atoms with van der Waals surface area (Å²) < 4.78 is 5.53. The minimum absolute atomic E-state index is 0.231. The molecule has 0 amide bonds. The third-order valence-electron chi connectivity index (χ3n) is 2.47. The van der Waals surface area contributed by atoms with Crippen LogP contribution in [0.5, 0.6) is 0 Å². The van der Waals surface area contributed by atoms with Gasteiger partial charge in [-0.2, -0.15) is 11.3 Å². The maximum Gasteiger partial charge on any atom is 0.0788 e. The molecule has 0 saturated carbocycles. The molecule has 1 aromatic rings. The van der Waals surface area contributed by atoms with E-state index in [9.17, 15) is 0 Å². The van der Waals surface area contributed by atoms with Gasteiger partial charge in [-0.15, -0.1) is 0 Å². The van der Waals surface area contributed by atoms with Gasteiger partial charge < -0.3 is 10.1 Å². The van der Waals surface area contributed by atoms with Crippen LogP contribution < -0.4 is 5.32 Å². The highest BCUT2D eigenvalue weighted by Gasteiger charge is 2.24. The van der Waals surface area contributed by atoms with Gasteiger partial charge in [-0.3, -0.25) is 0 Å². The van der Waals surface area contributed by atoms with Crippen molar-refractivity contribution in [1.29, 1.82) is 0 Å². The molecule has 1 rings (SSSR count). The Labute approximate surface area is 90.3 Å². The van der Waals surface area contributed by atoms with E-state index in [-0.39, 0.29) is 6.10 Å². The molecule has 0 bridgehead atoms. The van der Waals surface area contributed by atoms with Crippen molar-refractivity contribution in [3.8, 4) is 0 Å². The van der Waals surface area contributed by atoms with Gasteiger partial charge in [0.15, 0.2) is 0 Å². The Hall–Kier alpha value is -0.380. The molecular weight excluding hydrogens is 194 g/mol. The lowest BCUT2D eigenvalue weighted by atomic mass is 9.95. The second-order valence-electron chi connectivity index (χ2n) is 3.77. The predicted octanol–water partition coefficient (Wildman–Crippen LogP) is 2.68. The molecule has 0 aromatic carbocycles. The smallest absolute Gasteiger partial charge is 0.0788 e. The molecule has 2 atom stereocenters. The number of methoxy groups -OCH3 is 1. The van der Waals surface area contributed by atoms with Crippen LogP contribution in [-0.2, 0) is 4.74 Å². The van der Waals surface area contributed by atoms with E-state index >= 15 is 0 Å². The van der Waals surface area contributed by atoms with E-state index in [1.165, 1.54) is 5.56 Å². The largest absolute Gasteiger partial charge is 0.379 e. The van der Waals surface area contributed by atoms with Crippen LogP contribution in [0.25, 0.3) is 0 Å². The van der Waals surface area contributed by atoms with E-state index in [4.69, 9.17) is 4.74 Å². The van der Waals surface area contributed by atoms with Crippen molar-refractivity contribution < 1.29 is 4.74 Å². The fraction of sp³-hybridized carbons (Fsp3) is 0.636. The number of rotatable bonds is 5. The molecule has 0 aliphatic heterocycles. The lowest BCUT2D eigenvalue weighted by Gasteiger charge is -2.28. The lowest BCUT2D eigenvalue weighted by molar-refractivity contribution is 0.0349. The third kappa shape index (κ3) is 2.56. The SMILES string of the molecule is CNC(c1ccsc1)C(OC)C(C)C. The molecule has 1 N–H and O–H groups in total. The van der Waals surface area contributed by atoms with Gasteiger partial charge in [-0.05, 0) is 35.4 Å². The molecule has 3 heteroatoms. The summed E-state index contributed by atoms with van der Waals surface area (Å²) in [6.45, 7) is 4.37. The molecule has 0 saturated heterocycles. The Balaban J connectivity index is 2.79. The highest BCUT2D eigenvalue weighted by molar-refractivity contribution is 7.07. The molecule has 14 heavy (non-hydrogen) atoms. The molecule has 0 aliphatic carbocycles. The van der Waals surface area contributed by atoms with Crippen LogP contribution in [0.4, 0.5) is 0 Å². The van der Waals surface area contributed by atoms with Crippen LogP contribution >= 0.6 is 11.3 Å². The van der Waals surface area contributed by atoms with Gasteiger partial charge >= 0.3 is 0 Å². The molecule has 0 spiro atoms. The first kappa shape index (κ1) is 11.7. The molecule has 0 fully saturated rings. The van der Waals surface area contributed by atoms with Gasteiger partial charge in [0.1, 0.15) is 0 Å². The monoisotopic (exact) mass is 213 g/mol. The van der Waals surface area contributed by atoms with Gasteiger partial charge in [0.25, 0.3) is 0 Å². The predicted molar refractivity (Wildman–Crippen MR) is 61.8 cm³/mol. The average Bonchev–Trinajstić information content (AvgIpc) is 2.65. The number of ether oxygens (including phenoxy) is 1. The van der Waals surface area contributed by atoms with Crippen LogP contribution in [0.3, 0.4) is 0 Å². The van der Waals surface area contributed by atoms with E-state index in [1.807, 2.05) is 7.05 Å². The van der Waals surface area contributed by atoms with E-state index in [0.717, 1.165) is 0 Å². The number of hydrogen-bond donors (Lipinski definition) is 1. The van der Waals surface area contributed by atoms with Crippen molar-refractivity contribution in [2.45, 2.75) is 26.0 Å². The summed E-state index contributed by atoms with van der Waals surface area (Å²) in [6, 6.07) is 2.45. The van der Waals surface area contributed by atoms with Crippen molar-refractivity contribution in [2.24, 2.45) is 5.92 Å². The molecule has 2 nitrogen and oxygen atoms in total.